The Labute approximate surface area is 267 Å². The second kappa shape index (κ2) is 12.8. The second-order valence-corrected chi connectivity index (χ2v) is 12.7. The molecule has 2 heterocycles. The summed E-state index contributed by atoms with van der Waals surface area (Å²) in [7, 11) is 0. The van der Waals surface area contributed by atoms with Gasteiger partial charge >= 0.3 is 5.97 Å². The molecular formula is C40H34FNO2S. The number of carbonyl (C=O) groups excluding carboxylic acids is 1. The highest BCUT2D eigenvalue weighted by molar-refractivity contribution is 7.19. The molecule has 7 rings (SSSR count). The van der Waals surface area contributed by atoms with E-state index in [9.17, 15) is 9.18 Å². The summed E-state index contributed by atoms with van der Waals surface area (Å²) in [5.41, 5.74) is 4.99. The fraction of sp³-hybridized carbons (Fsp3) is 0.175. The van der Waals surface area contributed by atoms with Crippen LogP contribution >= 0.6 is 11.3 Å². The first-order valence-corrected chi connectivity index (χ1v) is 16.3. The number of carbonyl (C=O) groups is 1. The van der Waals surface area contributed by atoms with Crippen molar-refractivity contribution in [2.75, 3.05) is 13.1 Å². The molecule has 1 aromatic heterocycles. The van der Waals surface area contributed by atoms with Gasteiger partial charge in [-0.2, -0.15) is 0 Å². The van der Waals surface area contributed by atoms with Gasteiger partial charge in [0.25, 0.3) is 0 Å². The highest BCUT2D eigenvalue weighted by atomic mass is 32.1. The van der Waals surface area contributed by atoms with Crippen LogP contribution in [0.25, 0.3) is 10.1 Å². The van der Waals surface area contributed by atoms with Crippen LogP contribution in [0.1, 0.15) is 56.2 Å². The van der Waals surface area contributed by atoms with Gasteiger partial charge in [-0.25, -0.2) is 9.18 Å². The normalized spacial score (nSPS) is 14.4. The van der Waals surface area contributed by atoms with Crippen molar-refractivity contribution in [3.05, 3.63) is 178 Å². The first-order valence-electron chi connectivity index (χ1n) is 15.5. The van der Waals surface area contributed by atoms with Crippen LogP contribution < -0.4 is 0 Å². The van der Waals surface area contributed by atoms with Gasteiger partial charge in [-0.3, -0.25) is 4.90 Å². The third kappa shape index (κ3) is 5.58. The summed E-state index contributed by atoms with van der Waals surface area (Å²) in [6, 6.07) is 46.6. The molecule has 5 aromatic carbocycles. The predicted octanol–water partition coefficient (Wildman–Crippen LogP) is 9.57. The molecule has 0 unspecified atom stereocenters. The molecule has 3 nitrogen and oxygen atoms in total. The fourth-order valence-corrected chi connectivity index (χ4v) is 8.30. The summed E-state index contributed by atoms with van der Waals surface area (Å²) in [6.45, 7) is 1.91. The van der Waals surface area contributed by atoms with Gasteiger partial charge in [0, 0.05) is 22.7 Å². The standard InChI is InChI=1S/C40H34FNO2S/c41-34-21-22-35-36(27-34)45-37(28-44-39(43)30-13-5-1-6-14-30)38(35)29-23-25-42(26-24-29)40(31-15-7-2-8-16-31,32-17-9-3-10-18-32)33-19-11-4-12-20-33/h1-22,27,29H,23-26,28H2. The Morgan fingerprint density at radius 1 is 0.733 bits per heavy atom. The van der Waals surface area contributed by atoms with E-state index in [2.05, 4.69) is 95.9 Å². The van der Waals surface area contributed by atoms with E-state index in [0.717, 1.165) is 40.9 Å². The van der Waals surface area contributed by atoms with Crippen LogP contribution in [-0.2, 0) is 16.9 Å². The van der Waals surface area contributed by atoms with Crippen LogP contribution in [0.5, 0.6) is 0 Å². The molecule has 0 bridgehead atoms. The van der Waals surface area contributed by atoms with Crippen LogP contribution in [0.15, 0.2) is 140 Å². The second-order valence-electron chi connectivity index (χ2n) is 11.6. The lowest BCUT2D eigenvalue weighted by molar-refractivity contribution is 0.0474. The molecule has 224 valence electrons. The highest BCUT2D eigenvalue weighted by Crippen LogP contribution is 2.47. The topological polar surface area (TPSA) is 29.5 Å². The van der Waals surface area contributed by atoms with Crippen molar-refractivity contribution >= 4 is 27.4 Å². The molecule has 0 saturated carbocycles. The molecule has 1 aliphatic heterocycles. The minimum Gasteiger partial charge on any atom is -0.456 e. The third-order valence-corrected chi connectivity index (χ3v) is 10.2. The number of esters is 1. The number of benzene rings is 5. The predicted molar refractivity (Wildman–Crippen MR) is 180 cm³/mol. The Bertz CT molecular complexity index is 1790. The Hall–Kier alpha value is -4.58. The molecule has 45 heavy (non-hydrogen) atoms. The van der Waals surface area contributed by atoms with Gasteiger partial charge < -0.3 is 4.74 Å². The largest absolute Gasteiger partial charge is 0.456 e. The van der Waals surface area contributed by atoms with Crippen molar-refractivity contribution < 1.29 is 13.9 Å². The summed E-state index contributed by atoms with van der Waals surface area (Å²) in [5.74, 6) is -0.347. The van der Waals surface area contributed by atoms with Crippen LogP contribution in [0, 0.1) is 5.82 Å². The molecular weight excluding hydrogens is 578 g/mol. The van der Waals surface area contributed by atoms with Crippen LogP contribution in [0.2, 0.25) is 0 Å². The first-order chi connectivity index (χ1) is 22.1. The molecule has 0 amide bonds. The average Bonchev–Trinajstić information content (AvgIpc) is 3.47. The average molecular weight is 612 g/mol. The van der Waals surface area contributed by atoms with Crippen molar-refractivity contribution in [1.82, 2.24) is 4.90 Å². The van der Waals surface area contributed by atoms with E-state index in [1.807, 2.05) is 24.3 Å². The first kappa shape index (κ1) is 29.1. The summed E-state index contributed by atoms with van der Waals surface area (Å²) >= 11 is 1.54. The van der Waals surface area contributed by atoms with Crippen LogP contribution in [0.3, 0.4) is 0 Å². The van der Waals surface area contributed by atoms with Crippen molar-refractivity contribution in [2.45, 2.75) is 30.9 Å². The number of hydrogen-bond donors (Lipinski definition) is 0. The van der Waals surface area contributed by atoms with E-state index >= 15 is 0 Å². The van der Waals surface area contributed by atoms with E-state index in [1.54, 1.807) is 24.3 Å². The lowest BCUT2D eigenvalue weighted by Crippen LogP contribution is -2.51. The van der Waals surface area contributed by atoms with Crippen molar-refractivity contribution in [3.63, 3.8) is 0 Å². The number of rotatable bonds is 8. The van der Waals surface area contributed by atoms with E-state index in [1.165, 1.54) is 33.6 Å². The summed E-state index contributed by atoms with van der Waals surface area (Å²) < 4.78 is 21.1. The van der Waals surface area contributed by atoms with E-state index in [-0.39, 0.29) is 24.3 Å². The van der Waals surface area contributed by atoms with Crippen molar-refractivity contribution in [2.24, 2.45) is 0 Å². The smallest absolute Gasteiger partial charge is 0.338 e. The van der Waals surface area contributed by atoms with Crippen LogP contribution in [0.4, 0.5) is 4.39 Å². The zero-order chi connectivity index (χ0) is 30.6. The van der Waals surface area contributed by atoms with Gasteiger partial charge in [-0.15, -0.1) is 11.3 Å². The Kier molecular flexibility index (Phi) is 8.29. The number of halogens is 1. The number of fused-ring (bicyclic) bond motifs is 1. The van der Waals surface area contributed by atoms with Gasteiger partial charge in [-0.05, 0) is 70.7 Å². The number of piperidine rings is 1. The molecule has 0 spiro atoms. The van der Waals surface area contributed by atoms with E-state index in [4.69, 9.17) is 4.74 Å². The maximum Gasteiger partial charge on any atom is 0.338 e. The Balaban J connectivity index is 1.24. The maximum atomic E-state index is 14.3. The lowest BCUT2D eigenvalue weighted by atomic mass is 9.74. The molecule has 6 aromatic rings. The van der Waals surface area contributed by atoms with Crippen LogP contribution in [-0.4, -0.2) is 24.0 Å². The minimum absolute atomic E-state index is 0.173. The number of hydrogen-bond acceptors (Lipinski definition) is 4. The fourth-order valence-electron chi connectivity index (χ4n) is 7.07. The monoisotopic (exact) mass is 611 g/mol. The highest BCUT2D eigenvalue weighted by Gasteiger charge is 2.43. The van der Waals surface area contributed by atoms with E-state index < -0.39 is 5.54 Å². The molecule has 0 aliphatic carbocycles. The zero-order valence-corrected chi connectivity index (χ0v) is 25.8. The van der Waals surface area contributed by atoms with Crippen molar-refractivity contribution in [1.29, 1.82) is 0 Å². The van der Waals surface area contributed by atoms with Crippen molar-refractivity contribution in [3.8, 4) is 0 Å². The molecule has 0 N–H and O–H groups in total. The Morgan fingerprint density at radius 3 is 1.78 bits per heavy atom. The minimum atomic E-state index is -0.456. The molecule has 0 radical (unpaired) electrons. The number of nitrogens with zero attached hydrogens (tertiary/aromatic N) is 1. The molecule has 1 aliphatic rings. The molecule has 1 fully saturated rings. The number of thiophene rings is 1. The lowest BCUT2D eigenvalue weighted by Gasteiger charge is -2.48. The quantitative estimate of drug-likeness (QED) is 0.127. The summed E-state index contributed by atoms with van der Waals surface area (Å²) in [5, 5.41) is 1.06. The van der Waals surface area contributed by atoms with Gasteiger partial charge in [0.2, 0.25) is 0 Å². The third-order valence-electron chi connectivity index (χ3n) is 9.06. The maximum absolute atomic E-state index is 14.3. The molecule has 0 atom stereocenters. The van der Waals surface area contributed by atoms with Gasteiger partial charge in [-0.1, -0.05) is 115 Å². The van der Waals surface area contributed by atoms with Gasteiger partial charge in [0.15, 0.2) is 0 Å². The van der Waals surface area contributed by atoms with E-state index in [0.29, 0.717) is 5.56 Å². The Morgan fingerprint density at radius 2 is 1.24 bits per heavy atom. The van der Waals surface area contributed by atoms with Gasteiger partial charge in [0.1, 0.15) is 12.4 Å². The number of likely N-dealkylation sites (tertiary alicyclic amines) is 1. The SMILES string of the molecule is O=C(OCc1sc2cc(F)ccc2c1C1CCN(C(c2ccccc2)(c2ccccc2)c2ccccc2)CC1)c1ccccc1. The molecule has 5 heteroatoms. The zero-order valence-electron chi connectivity index (χ0n) is 24.9. The van der Waals surface area contributed by atoms with Gasteiger partial charge in [0.05, 0.1) is 11.1 Å². The number of ether oxygens (including phenoxy) is 1. The molecule has 1 saturated heterocycles. The summed E-state index contributed by atoms with van der Waals surface area (Å²) in [4.78, 5) is 16.5. The summed E-state index contributed by atoms with van der Waals surface area (Å²) in [6.07, 6.45) is 1.86.